The van der Waals surface area contributed by atoms with Crippen molar-refractivity contribution in [3.63, 3.8) is 0 Å². The summed E-state index contributed by atoms with van der Waals surface area (Å²) in [7, 11) is 0. The number of nitrogens with zero attached hydrogens (tertiary/aromatic N) is 1. The average Bonchev–Trinajstić information content (AvgIpc) is 2.43. The molecule has 0 bridgehead atoms. The first-order chi connectivity index (χ1) is 9.16. The number of hydrazone groups is 1. The first-order valence-electron chi connectivity index (χ1n) is 5.64. The van der Waals surface area contributed by atoms with Gasteiger partial charge in [0.15, 0.2) is 0 Å². The number of nitrogens with two attached hydrogens (primary N) is 1. The maximum absolute atomic E-state index is 11.7. The zero-order valence-electron chi connectivity index (χ0n) is 10.1. The van der Waals surface area contributed by atoms with Crippen LogP contribution in [-0.2, 0) is 0 Å². The third kappa shape index (κ3) is 3.32. The summed E-state index contributed by atoms with van der Waals surface area (Å²) in [5.74, 6) is -0.271. The molecule has 2 rings (SSSR count). The summed E-state index contributed by atoms with van der Waals surface area (Å²) in [5.41, 5.74) is 9.42. The molecule has 0 aromatic heterocycles. The number of carbonyl (C=O) groups is 1. The van der Waals surface area contributed by atoms with Crippen LogP contribution in [0.4, 0.5) is 5.69 Å². The third-order valence-corrected chi connectivity index (χ3v) is 2.46. The molecule has 0 unspecified atom stereocenters. The predicted molar refractivity (Wildman–Crippen MR) is 74.0 cm³/mol. The van der Waals surface area contributed by atoms with E-state index in [4.69, 9.17) is 5.73 Å². The number of anilines is 1. The van der Waals surface area contributed by atoms with Gasteiger partial charge in [0.2, 0.25) is 0 Å². The Morgan fingerprint density at radius 1 is 1.21 bits per heavy atom. The Morgan fingerprint density at radius 3 is 2.68 bits per heavy atom. The topological polar surface area (TPSA) is 87.7 Å². The summed E-state index contributed by atoms with van der Waals surface area (Å²) < 4.78 is 0. The molecule has 0 fully saturated rings. The van der Waals surface area contributed by atoms with Crippen molar-refractivity contribution in [1.29, 1.82) is 0 Å². The lowest BCUT2D eigenvalue weighted by atomic mass is 10.2. The van der Waals surface area contributed by atoms with Crippen LogP contribution in [0.5, 0.6) is 5.75 Å². The van der Waals surface area contributed by atoms with Crippen molar-refractivity contribution < 1.29 is 9.90 Å². The molecule has 0 saturated carbocycles. The number of nitrogen functional groups attached to an aromatic ring is 1. The predicted octanol–water partition coefficient (Wildman–Crippen LogP) is 1.74. The van der Waals surface area contributed by atoms with E-state index in [1.807, 2.05) is 6.07 Å². The lowest BCUT2D eigenvalue weighted by molar-refractivity contribution is 0.0955. The molecular weight excluding hydrogens is 242 g/mol. The van der Waals surface area contributed by atoms with Gasteiger partial charge in [-0.1, -0.05) is 18.2 Å². The van der Waals surface area contributed by atoms with Gasteiger partial charge >= 0.3 is 0 Å². The number of rotatable bonds is 3. The molecule has 96 valence electrons. The van der Waals surface area contributed by atoms with Gasteiger partial charge in [0, 0.05) is 16.8 Å². The molecule has 0 radical (unpaired) electrons. The SMILES string of the molecule is Nc1ccc(O)c(C=NNC(=O)c2ccccc2)c1. The van der Waals surface area contributed by atoms with Gasteiger partial charge in [0.25, 0.3) is 5.91 Å². The highest BCUT2D eigenvalue weighted by molar-refractivity contribution is 5.95. The molecule has 0 atom stereocenters. The Morgan fingerprint density at radius 2 is 1.95 bits per heavy atom. The largest absolute Gasteiger partial charge is 0.507 e. The number of phenols is 1. The Bertz CT molecular complexity index is 609. The van der Waals surface area contributed by atoms with Gasteiger partial charge < -0.3 is 10.8 Å². The second-order valence-corrected chi connectivity index (χ2v) is 3.88. The molecule has 4 N–H and O–H groups in total. The number of benzene rings is 2. The highest BCUT2D eigenvalue weighted by Crippen LogP contribution is 2.17. The highest BCUT2D eigenvalue weighted by atomic mass is 16.3. The molecule has 1 amide bonds. The van der Waals surface area contributed by atoms with Crippen molar-refractivity contribution in [3.05, 3.63) is 59.7 Å². The van der Waals surface area contributed by atoms with Crippen LogP contribution in [0.15, 0.2) is 53.6 Å². The van der Waals surface area contributed by atoms with Crippen LogP contribution in [0.3, 0.4) is 0 Å². The summed E-state index contributed by atoms with van der Waals surface area (Å²) >= 11 is 0. The van der Waals surface area contributed by atoms with Gasteiger partial charge in [0.1, 0.15) is 5.75 Å². The Kier molecular flexibility index (Phi) is 3.78. The number of hydrogen-bond donors (Lipinski definition) is 3. The number of phenolic OH excluding ortho intramolecular Hbond substituents is 1. The molecule has 0 aliphatic carbocycles. The second kappa shape index (κ2) is 5.68. The Balaban J connectivity index is 2.04. The van der Waals surface area contributed by atoms with E-state index in [1.165, 1.54) is 12.3 Å². The van der Waals surface area contributed by atoms with Gasteiger partial charge in [-0.2, -0.15) is 5.10 Å². The van der Waals surface area contributed by atoms with Crippen molar-refractivity contribution in [2.45, 2.75) is 0 Å². The van der Waals surface area contributed by atoms with E-state index in [9.17, 15) is 9.90 Å². The quantitative estimate of drug-likeness (QED) is 0.338. The number of carbonyl (C=O) groups excluding carboxylic acids is 1. The average molecular weight is 255 g/mol. The minimum Gasteiger partial charge on any atom is -0.507 e. The van der Waals surface area contributed by atoms with Crippen molar-refractivity contribution in [2.24, 2.45) is 5.10 Å². The van der Waals surface area contributed by atoms with Gasteiger partial charge in [-0.05, 0) is 30.3 Å². The van der Waals surface area contributed by atoms with E-state index in [1.54, 1.807) is 36.4 Å². The van der Waals surface area contributed by atoms with Crippen molar-refractivity contribution in [2.75, 3.05) is 5.73 Å². The van der Waals surface area contributed by atoms with Gasteiger partial charge in [-0.3, -0.25) is 4.79 Å². The molecule has 5 heteroatoms. The van der Waals surface area contributed by atoms with E-state index in [2.05, 4.69) is 10.5 Å². The number of amides is 1. The van der Waals surface area contributed by atoms with E-state index in [-0.39, 0.29) is 11.7 Å². The minimum absolute atomic E-state index is 0.0481. The standard InChI is InChI=1S/C14H13N3O2/c15-12-6-7-13(18)11(8-12)9-16-17-14(19)10-4-2-1-3-5-10/h1-9,18H,15H2,(H,17,19). The second-order valence-electron chi connectivity index (χ2n) is 3.88. The Hall–Kier alpha value is -2.82. The molecule has 2 aromatic rings. The van der Waals surface area contributed by atoms with Crippen LogP contribution in [0.25, 0.3) is 0 Å². The molecule has 2 aromatic carbocycles. The molecule has 0 aliphatic rings. The zero-order valence-corrected chi connectivity index (χ0v) is 10.1. The molecule has 0 saturated heterocycles. The van der Waals surface area contributed by atoms with E-state index >= 15 is 0 Å². The maximum atomic E-state index is 11.7. The van der Waals surface area contributed by atoms with Crippen LogP contribution in [0, 0.1) is 0 Å². The number of nitrogens with one attached hydrogen (secondary N) is 1. The van der Waals surface area contributed by atoms with Gasteiger partial charge in [-0.25, -0.2) is 5.43 Å². The third-order valence-electron chi connectivity index (χ3n) is 2.46. The highest BCUT2D eigenvalue weighted by Gasteiger charge is 2.02. The molecule has 0 aliphatic heterocycles. The molecule has 5 nitrogen and oxygen atoms in total. The first kappa shape index (κ1) is 12.6. The van der Waals surface area contributed by atoms with Crippen LogP contribution in [-0.4, -0.2) is 17.2 Å². The lowest BCUT2D eigenvalue weighted by Crippen LogP contribution is -2.17. The maximum Gasteiger partial charge on any atom is 0.271 e. The summed E-state index contributed by atoms with van der Waals surface area (Å²) in [6.45, 7) is 0. The normalized spacial score (nSPS) is 10.5. The van der Waals surface area contributed by atoms with Crippen LogP contribution >= 0.6 is 0 Å². The van der Waals surface area contributed by atoms with E-state index in [0.717, 1.165) is 0 Å². The monoisotopic (exact) mass is 255 g/mol. The van der Waals surface area contributed by atoms with Gasteiger partial charge in [-0.15, -0.1) is 0 Å². The van der Waals surface area contributed by atoms with Crippen molar-refractivity contribution in [1.82, 2.24) is 5.43 Å². The zero-order chi connectivity index (χ0) is 13.7. The summed E-state index contributed by atoms with van der Waals surface area (Å²) in [5, 5.41) is 13.3. The lowest BCUT2D eigenvalue weighted by Gasteiger charge is -2.01. The molecule has 19 heavy (non-hydrogen) atoms. The van der Waals surface area contributed by atoms with Crippen molar-refractivity contribution in [3.8, 4) is 5.75 Å². The van der Waals surface area contributed by atoms with E-state index < -0.39 is 0 Å². The fourth-order valence-electron chi connectivity index (χ4n) is 1.49. The van der Waals surface area contributed by atoms with Crippen LogP contribution in [0.1, 0.15) is 15.9 Å². The fraction of sp³-hybridized carbons (Fsp3) is 0. The Labute approximate surface area is 110 Å². The first-order valence-corrected chi connectivity index (χ1v) is 5.64. The number of hydrogen-bond acceptors (Lipinski definition) is 4. The minimum atomic E-state index is -0.319. The summed E-state index contributed by atoms with van der Waals surface area (Å²) in [6.07, 6.45) is 1.34. The molecule has 0 heterocycles. The van der Waals surface area contributed by atoms with Crippen LogP contribution in [0.2, 0.25) is 0 Å². The summed E-state index contributed by atoms with van der Waals surface area (Å²) in [6, 6.07) is 13.3. The van der Waals surface area contributed by atoms with E-state index in [0.29, 0.717) is 16.8 Å². The van der Waals surface area contributed by atoms with Crippen LogP contribution < -0.4 is 11.2 Å². The molecule has 0 spiro atoms. The van der Waals surface area contributed by atoms with Crippen molar-refractivity contribution >= 4 is 17.8 Å². The fourth-order valence-corrected chi connectivity index (χ4v) is 1.49. The molecular formula is C14H13N3O2. The smallest absolute Gasteiger partial charge is 0.271 e. The van der Waals surface area contributed by atoms with Gasteiger partial charge in [0.05, 0.1) is 6.21 Å². The summed E-state index contributed by atoms with van der Waals surface area (Å²) in [4.78, 5) is 11.7. The number of aromatic hydroxyl groups is 1.